The highest BCUT2D eigenvalue weighted by Gasteiger charge is 2.06. The molecule has 1 aromatic carbocycles. The lowest BCUT2D eigenvalue weighted by atomic mass is 10.1. The highest BCUT2D eigenvalue weighted by Crippen LogP contribution is 2.16. The third-order valence-electron chi connectivity index (χ3n) is 3.14. The van der Waals surface area contributed by atoms with Crippen molar-refractivity contribution in [2.75, 3.05) is 26.3 Å². The molecule has 0 spiro atoms. The first-order valence-electron chi connectivity index (χ1n) is 6.84. The number of ether oxygens (including phenoxy) is 1. The summed E-state index contributed by atoms with van der Waals surface area (Å²) < 4.78 is 5.01. The lowest BCUT2D eigenvalue weighted by Crippen LogP contribution is -2.30. The van der Waals surface area contributed by atoms with Crippen molar-refractivity contribution in [2.24, 2.45) is 0 Å². The Morgan fingerprint density at radius 2 is 1.95 bits per heavy atom. The number of ketones is 1. The molecule has 4 heteroatoms. The SMILES string of the molecule is C1COCCN1.CC(=O)c1cc2ccccc2nc1C. The Kier molecular flexibility index (Phi) is 5.21. The molecule has 1 N–H and O–H groups in total. The monoisotopic (exact) mass is 272 g/mol. The summed E-state index contributed by atoms with van der Waals surface area (Å²) in [7, 11) is 0. The molecule has 2 aromatic rings. The van der Waals surface area contributed by atoms with Crippen molar-refractivity contribution in [3.63, 3.8) is 0 Å². The van der Waals surface area contributed by atoms with Crippen LogP contribution in [-0.4, -0.2) is 37.1 Å². The number of nitrogens with zero attached hydrogens (tertiary/aromatic N) is 1. The van der Waals surface area contributed by atoms with Gasteiger partial charge in [0.25, 0.3) is 0 Å². The Morgan fingerprint density at radius 1 is 1.25 bits per heavy atom. The van der Waals surface area contributed by atoms with Crippen LogP contribution in [0.3, 0.4) is 0 Å². The molecule has 1 aliphatic heterocycles. The number of rotatable bonds is 1. The Hall–Kier alpha value is -1.78. The van der Waals surface area contributed by atoms with Crippen molar-refractivity contribution in [1.82, 2.24) is 10.3 Å². The largest absolute Gasteiger partial charge is 0.379 e. The normalized spacial score (nSPS) is 14.5. The molecular formula is C16H20N2O2. The quantitative estimate of drug-likeness (QED) is 0.810. The number of aryl methyl sites for hydroxylation is 1. The molecule has 0 aliphatic carbocycles. The van der Waals surface area contributed by atoms with Gasteiger partial charge in [-0.25, -0.2) is 0 Å². The van der Waals surface area contributed by atoms with Gasteiger partial charge in [-0.2, -0.15) is 0 Å². The zero-order chi connectivity index (χ0) is 14.4. The second-order valence-electron chi connectivity index (χ2n) is 4.73. The van der Waals surface area contributed by atoms with E-state index in [4.69, 9.17) is 4.74 Å². The lowest BCUT2D eigenvalue weighted by molar-refractivity contribution is 0.101. The zero-order valence-corrected chi connectivity index (χ0v) is 12.0. The Morgan fingerprint density at radius 3 is 2.50 bits per heavy atom. The number of fused-ring (bicyclic) bond motifs is 1. The molecule has 0 unspecified atom stereocenters. The van der Waals surface area contributed by atoms with Crippen LogP contribution < -0.4 is 5.32 Å². The summed E-state index contributed by atoms with van der Waals surface area (Å²) in [5.74, 6) is 0.0701. The topological polar surface area (TPSA) is 51.2 Å². The van der Waals surface area contributed by atoms with Gasteiger partial charge in [0.2, 0.25) is 0 Å². The van der Waals surface area contributed by atoms with Crippen molar-refractivity contribution in [2.45, 2.75) is 13.8 Å². The number of para-hydroxylation sites is 1. The van der Waals surface area contributed by atoms with Gasteiger partial charge in [-0.05, 0) is 26.0 Å². The standard InChI is InChI=1S/C12H11NO.C4H9NO/c1-8-11(9(2)14)7-10-5-3-4-6-12(10)13-8;1-3-6-4-2-5-1/h3-7H,1-2H3;5H,1-4H2. The molecule has 0 bridgehead atoms. The molecule has 0 amide bonds. The first kappa shape index (κ1) is 14.6. The number of carbonyl (C=O) groups excluding carboxylic acids is 1. The minimum atomic E-state index is 0.0701. The summed E-state index contributed by atoms with van der Waals surface area (Å²) in [4.78, 5) is 15.6. The molecule has 20 heavy (non-hydrogen) atoms. The van der Waals surface area contributed by atoms with E-state index in [0.717, 1.165) is 42.9 Å². The van der Waals surface area contributed by atoms with Crippen molar-refractivity contribution >= 4 is 16.7 Å². The van der Waals surface area contributed by atoms with Crippen LogP contribution in [0.2, 0.25) is 0 Å². The number of benzene rings is 1. The highest BCUT2D eigenvalue weighted by molar-refractivity contribution is 5.98. The Bertz CT molecular complexity index is 581. The smallest absolute Gasteiger partial charge is 0.161 e. The van der Waals surface area contributed by atoms with E-state index >= 15 is 0 Å². The van der Waals surface area contributed by atoms with E-state index < -0.39 is 0 Å². The molecule has 106 valence electrons. The van der Waals surface area contributed by atoms with Crippen LogP contribution in [0, 0.1) is 6.92 Å². The Labute approximate surface area is 119 Å². The van der Waals surface area contributed by atoms with Gasteiger partial charge in [0, 0.05) is 29.7 Å². The maximum atomic E-state index is 11.3. The minimum absolute atomic E-state index is 0.0701. The van der Waals surface area contributed by atoms with Gasteiger partial charge in [-0.3, -0.25) is 9.78 Å². The molecule has 0 atom stereocenters. The minimum Gasteiger partial charge on any atom is -0.379 e. The first-order valence-corrected chi connectivity index (χ1v) is 6.84. The van der Waals surface area contributed by atoms with Gasteiger partial charge in [-0.15, -0.1) is 0 Å². The number of morpholine rings is 1. The van der Waals surface area contributed by atoms with Crippen LogP contribution in [0.4, 0.5) is 0 Å². The average molecular weight is 272 g/mol. The predicted octanol–water partition coefficient (Wildman–Crippen LogP) is 2.35. The van der Waals surface area contributed by atoms with E-state index in [1.54, 1.807) is 6.92 Å². The Balaban J connectivity index is 0.000000205. The molecule has 0 saturated carbocycles. The van der Waals surface area contributed by atoms with Crippen molar-refractivity contribution in [3.8, 4) is 0 Å². The van der Waals surface area contributed by atoms with Gasteiger partial charge in [0.15, 0.2) is 5.78 Å². The summed E-state index contributed by atoms with van der Waals surface area (Å²) in [6, 6.07) is 9.71. The zero-order valence-electron chi connectivity index (χ0n) is 12.0. The highest BCUT2D eigenvalue weighted by atomic mass is 16.5. The molecule has 0 radical (unpaired) electrons. The van der Waals surface area contributed by atoms with Gasteiger partial charge >= 0.3 is 0 Å². The van der Waals surface area contributed by atoms with E-state index in [0.29, 0.717) is 5.56 Å². The molecule has 2 heterocycles. The molecule has 1 saturated heterocycles. The molecule has 1 aromatic heterocycles. The first-order chi connectivity index (χ1) is 9.68. The third kappa shape index (κ3) is 3.85. The number of carbonyl (C=O) groups is 1. The van der Waals surface area contributed by atoms with Crippen LogP contribution >= 0.6 is 0 Å². The third-order valence-corrected chi connectivity index (χ3v) is 3.14. The molecule has 4 nitrogen and oxygen atoms in total. The fourth-order valence-electron chi connectivity index (χ4n) is 2.08. The predicted molar refractivity (Wildman–Crippen MR) is 80.2 cm³/mol. The molecule has 1 fully saturated rings. The van der Waals surface area contributed by atoms with Crippen molar-refractivity contribution in [1.29, 1.82) is 0 Å². The maximum Gasteiger partial charge on any atom is 0.161 e. The second kappa shape index (κ2) is 7.12. The van der Waals surface area contributed by atoms with E-state index in [2.05, 4.69) is 10.3 Å². The molecule has 3 rings (SSSR count). The van der Waals surface area contributed by atoms with Crippen molar-refractivity contribution in [3.05, 3.63) is 41.6 Å². The number of Topliss-reactive ketones (excluding diaryl/α,β-unsaturated/α-hetero) is 1. The van der Waals surface area contributed by atoms with Crippen LogP contribution in [0.25, 0.3) is 10.9 Å². The van der Waals surface area contributed by atoms with E-state index in [1.165, 1.54) is 0 Å². The van der Waals surface area contributed by atoms with Crippen LogP contribution in [0.15, 0.2) is 30.3 Å². The summed E-state index contributed by atoms with van der Waals surface area (Å²) in [5, 5.41) is 4.18. The lowest BCUT2D eigenvalue weighted by Gasteiger charge is -2.10. The van der Waals surface area contributed by atoms with Gasteiger partial charge < -0.3 is 10.1 Å². The van der Waals surface area contributed by atoms with Gasteiger partial charge in [0.05, 0.1) is 18.7 Å². The second-order valence-corrected chi connectivity index (χ2v) is 4.73. The summed E-state index contributed by atoms with van der Waals surface area (Å²) in [5.41, 5.74) is 2.45. The summed E-state index contributed by atoms with van der Waals surface area (Å²) >= 11 is 0. The number of hydrogen-bond donors (Lipinski definition) is 1. The van der Waals surface area contributed by atoms with E-state index in [1.807, 2.05) is 37.3 Å². The molecule has 1 aliphatic rings. The number of nitrogens with one attached hydrogen (secondary N) is 1. The van der Waals surface area contributed by atoms with Crippen LogP contribution in [-0.2, 0) is 4.74 Å². The fourth-order valence-corrected chi connectivity index (χ4v) is 2.08. The van der Waals surface area contributed by atoms with Gasteiger partial charge in [-0.1, -0.05) is 18.2 Å². The van der Waals surface area contributed by atoms with E-state index in [9.17, 15) is 4.79 Å². The number of pyridine rings is 1. The molecular weight excluding hydrogens is 252 g/mol. The average Bonchev–Trinajstić information content (AvgIpc) is 2.48. The fraction of sp³-hybridized carbons (Fsp3) is 0.375. The van der Waals surface area contributed by atoms with Gasteiger partial charge in [0.1, 0.15) is 0 Å². The summed E-state index contributed by atoms with van der Waals surface area (Å²) in [6.45, 7) is 7.27. The summed E-state index contributed by atoms with van der Waals surface area (Å²) in [6.07, 6.45) is 0. The number of hydrogen-bond acceptors (Lipinski definition) is 4. The van der Waals surface area contributed by atoms with Crippen molar-refractivity contribution < 1.29 is 9.53 Å². The van der Waals surface area contributed by atoms with E-state index in [-0.39, 0.29) is 5.78 Å². The van der Waals surface area contributed by atoms with Crippen LogP contribution in [0.1, 0.15) is 23.0 Å². The maximum absolute atomic E-state index is 11.3. The van der Waals surface area contributed by atoms with Crippen LogP contribution in [0.5, 0.6) is 0 Å². The number of aromatic nitrogens is 1.